The molecule has 7 heteroatoms. The molecule has 0 atom stereocenters. The Morgan fingerprint density at radius 2 is 1.83 bits per heavy atom. The molecule has 0 aliphatic rings. The molecular formula is C23H19N3O2S2. The number of hydrogen-bond donors (Lipinski definition) is 3. The number of benzene rings is 3. The number of phenolic OH excluding ortho intramolecular Hbond substituents is 1. The summed E-state index contributed by atoms with van der Waals surface area (Å²) in [6, 6.07) is 18.4. The summed E-state index contributed by atoms with van der Waals surface area (Å²) in [5.41, 5.74) is 4.84. The van der Waals surface area contributed by atoms with Crippen LogP contribution in [0.15, 0.2) is 60.7 Å². The number of fused-ring (bicyclic) bond motifs is 1. The first kappa shape index (κ1) is 20.0. The highest BCUT2D eigenvalue weighted by molar-refractivity contribution is 7.80. The minimum absolute atomic E-state index is 0.129. The summed E-state index contributed by atoms with van der Waals surface area (Å²) in [5.74, 6) is -0.148. The van der Waals surface area contributed by atoms with Crippen LogP contribution >= 0.6 is 23.6 Å². The van der Waals surface area contributed by atoms with Gasteiger partial charge >= 0.3 is 0 Å². The van der Waals surface area contributed by atoms with Gasteiger partial charge in [0.15, 0.2) is 5.11 Å². The molecule has 5 nitrogen and oxygen atoms in total. The Morgan fingerprint density at radius 1 is 1.03 bits per heavy atom. The average molecular weight is 434 g/mol. The first-order chi connectivity index (χ1) is 14.4. The van der Waals surface area contributed by atoms with Crippen LogP contribution in [0.25, 0.3) is 20.8 Å². The van der Waals surface area contributed by atoms with Gasteiger partial charge in [0.05, 0.1) is 15.8 Å². The van der Waals surface area contributed by atoms with Gasteiger partial charge in [-0.25, -0.2) is 4.98 Å². The van der Waals surface area contributed by atoms with Crippen LogP contribution in [-0.4, -0.2) is 21.1 Å². The smallest absolute Gasteiger partial charge is 0.257 e. The lowest BCUT2D eigenvalue weighted by atomic mass is 10.1. The van der Waals surface area contributed by atoms with Crippen molar-refractivity contribution in [3.63, 3.8) is 0 Å². The van der Waals surface area contributed by atoms with Crippen LogP contribution in [0, 0.1) is 13.8 Å². The first-order valence-electron chi connectivity index (χ1n) is 9.29. The van der Waals surface area contributed by atoms with Gasteiger partial charge in [-0.1, -0.05) is 18.2 Å². The number of carbonyl (C=O) groups is 1. The second-order valence-electron chi connectivity index (χ2n) is 6.93. The zero-order valence-corrected chi connectivity index (χ0v) is 18.0. The lowest BCUT2D eigenvalue weighted by Crippen LogP contribution is -2.34. The molecule has 3 aromatic carbocycles. The lowest BCUT2D eigenvalue weighted by molar-refractivity contribution is 0.0977. The molecular weight excluding hydrogens is 414 g/mol. The quantitative estimate of drug-likeness (QED) is 0.297. The Balaban J connectivity index is 1.52. The highest BCUT2D eigenvalue weighted by Crippen LogP contribution is 2.36. The van der Waals surface area contributed by atoms with Crippen LogP contribution in [0.4, 0.5) is 5.69 Å². The van der Waals surface area contributed by atoms with Gasteiger partial charge in [-0.3, -0.25) is 10.1 Å². The Labute approximate surface area is 183 Å². The molecule has 0 aliphatic heterocycles. The van der Waals surface area contributed by atoms with Gasteiger partial charge in [0.25, 0.3) is 5.91 Å². The normalized spacial score (nSPS) is 10.7. The Bertz CT molecular complexity index is 1250. The van der Waals surface area contributed by atoms with E-state index in [1.165, 1.54) is 11.3 Å². The van der Waals surface area contributed by atoms with Crippen molar-refractivity contribution < 1.29 is 9.90 Å². The van der Waals surface area contributed by atoms with Crippen LogP contribution in [-0.2, 0) is 0 Å². The Morgan fingerprint density at radius 3 is 2.60 bits per heavy atom. The number of hydrogen-bond acceptors (Lipinski definition) is 5. The molecule has 1 heterocycles. The van der Waals surface area contributed by atoms with Crippen molar-refractivity contribution in [2.75, 3.05) is 5.32 Å². The van der Waals surface area contributed by atoms with E-state index in [0.29, 0.717) is 21.8 Å². The van der Waals surface area contributed by atoms with E-state index in [-0.39, 0.29) is 16.8 Å². The van der Waals surface area contributed by atoms with Crippen molar-refractivity contribution in [2.24, 2.45) is 0 Å². The third-order valence-electron chi connectivity index (χ3n) is 4.77. The maximum atomic E-state index is 12.5. The molecule has 0 bridgehead atoms. The van der Waals surface area contributed by atoms with Gasteiger partial charge in [-0.2, -0.15) is 0 Å². The number of carbonyl (C=O) groups excluding carboxylic acids is 1. The van der Waals surface area contributed by atoms with Gasteiger partial charge in [-0.05, 0) is 79.7 Å². The molecule has 4 aromatic rings. The Kier molecular flexibility index (Phi) is 5.48. The number of rotatable bonds is 3. The van der Waals surface area contributed by atoms with E-state index in [1.807, 2.05) is 50.2 Å². The minimum atomic E-state index is -0.277. The maximum Gasteiger partial charge on any atom is 0.257 e. The van der Waals surface area contributed by atoms with E-state index in [0.717, 1.165) is 21.3 Å². The molecule has 1 aromatic heterocycles. The summed E-state index contributed by atoms with van der Waals surface area (Å²) < 4.78 is 1.04. The number of nitrogens with zero attached hydrogens (tertiary/aromatic N) is 1. The summed E-state index contributed by atoms with van der Waals surface area (Å²) in [4.78, 5) is 17.1. The van der Waals surface area contributed by atoms with Crippen LogP contribution < -0.4 is 10.6 Å². The highest BCUT2D eigenvalue weighted by Gasteiger charge is 2.13. The molecule has 0 fully saturated rings. The van der Waals surface area contributed by atoms with Crippen molar-refractivity contribution in [3.05, 3.63) is 77.4 Å². The van der Waals surface area contributed by atoms with Gasteiger partial charge in [0.2, 0.25) is 0 Å². The van der Waals surface area contributed by atoms with Crippen LogP contribution in [0.2, 0.25) is 0 Å². The van der Waals surface area contributed by atoms with Gasteiger partial charge < -0.3 is 10.4 Å². The second kappa shape index (κ2) is 8.22. The summed E-state index contributed by atoms with van der Waals surface area (Å²) >= 11 is 6.80. The number of thiocarbonyl (C=S) groups is 1. The van der Waals surface area contributed by atoms with Crippen molar-refractivity contribution in [2.45, 2.75) is 13.8 Å². The zero-order chi connectivity index (χ0) is 21.3. The van der Waals surface area contributed by atoms with Gasteiger partial charge in [-0.15, -0.1) is 11.3 Å². The molecule has 0 spiro atoms. The predicted octanol–water partition coefficient (Wildman–Crippen LogP) is 5.41. The standard InChI is InChI=1S/C23H19N3O2S2/c1-13-7-8-15(11-14(13)2)21(28)26-23(29)24-16-9-10-19(27)17(12-16)22-25-18-5-3-4-6-20(18)30-22/h3-12,27H,1-2H3,(H2,24,26,28,29). The monoisotopic (exact) mass is 433 g/mol. The van der Waals surface area contributed by atoms with Gasteiger partial charge in [0.1, 0.15) is 10.8 Å². The number of amides is 1. The van der Waals surface area contributed by atoms with Crippen molar-refractivity contribution >= 4 is 50.5 Å². The van der Waals surface area contributed by atoms with Crippen LogP contribution in [0.5, 0.6) is 5.75 Å². The number of aryl methyl sites for hydroxylation is 2. The fraction of sp³-hybridized carbons (Fsp3) is 0.0870. The summed E-state index contributed by atoms with van der Waals surface area (Å²) in [6.07, 6.45) is 0. The first-order valence-corrected chi connectivity index (χ1v) is 10.5. The largest absolute Gasteiger partial charge is 0.507 e. The fourth-order valence-electron chi connectivity index (χ4n) is 2.99. The topological polar surface area (TPSA) is 74.2 Å². The predicted molar refractivity (Wildman–Crippen MR) is 126 cm³/mol. The number of anilines is 1. The number of phenols is 1. The molecule has 4 rings (SSSR count). The van der Waals surface area contributed by atoms with E-state index in [1.54, 1.807) is 24.3 Å². The molecule has 150 valence electrons. The number of thiazole rings is 1. The van der Waals surface area contributed by atoms with Crippen LogP contribution in [0.1, 0.15) is 21.5 Å². The SMILES string of the molecule is Cc1ccc(C(=O)NC(=S)Nc2ccc(O)c(-c3nc4ccccc4s3)c2)cc1C. The number of aromatic hydroxyl groups is 1. The van der Waals surface area contributed by atoms with Crippen molar-refractivity contribution in [1.82, 2.24) is 10.3 Å². The van der Waals surface area contributed by atoms with Crippen molar-refractivity contribution in [1.29, 1.82) is 0 Å². The summed E-state index contributed by atoms with van der Waals surface area (Å²) in [6.45, 7) is 3.96. The molecule has 0 radical (unpaired) electrons. The van der Waals surface area contributed by atoms with E-state index >= 15 is 0 Å². The summed E-state index contributed by atoms with van der Waals surface area (Å²) in [5, 5.41) is 16.9. The summed E-state index contributed by atoms with van der Waals surface area (Å²) in [7, 11) is 0. The number of aromatic nitrogens is 1. The fourth-order valence-corrected chi connectivity index (χ4v) is 4.19. The van der Waals surface area contributed by atoms with E-state index in [2.05, 4.69) is 15.6 Å². The van der Waals surface area contributed by atoms with Gasteiger partial charge in [0, 0.05) is 11.3 Å². The maximum absolute atomic E-state index is 12.5. The van der Waals surface area contributed by atoms with E-state index in [9.17, 15) is 9.90 Å². The highest BCUT2D eigenvalue weighted by atomic mass is 32.1. The van der Waals surface area contributed by atoms with Crippen molar-refractivity contribution in [3.8, 4) is 16.3 Å². The third-order valence-corrected chi connectivity index (χ3v) is 6.05. The molecule has 0 unspecified atom stereocenters. The number of para-hydroxylation sites is 1. The second-order valence-corrected chi connectivity index (χ2v) is 8.36. The average Bonchev–Trinajstić information content (AvgIpc) is 3.15. The molecule has 0 saturated heterocycles. The molecule has 0 saturated carbocycles. The van der Waals surface area contributed by atoms with E-state index in [4.69, 9.17) is 12.2 Å². The third kappa shape index (κ3) is 4.17. The number of nitrogens with one attached hydrogen (secondary N) is 2. The molecule has 1 amide bonds. The minimum Gasteiger partial charge on any atom is -0.507 e. The molecule has 0 aliphatic carbocycles. The zero-order valence-electron chi connectivity index (χ0n) is 16.4. The lowest BCUT2D eigenvalue weighted by Gasteiger charge is -2.12. The molecule has 30 heavy (non-hydrogen) atoms. The van der Waals surface area contributed by atoms with E-state index < -0.39 is 0 Å². The van der Waals surface area contributed by atoms with Crippen LogP contribution in [0.3, 0.4) is 0 Å². The molecule has 3 N–H and O–H groups in total. The Hall–Kier alpha value is -3.29.